The number of amides is 1. The first-order valence-electron chi connectivity index (χ1n) is 12.9. The van der Waals surface area contributed by atoms with Crippen molar-refractivity contribution in [3.63, 3.8) is 0 Å². The minimum Gasteiger partial charge on any atom is -0.493 e. The number of hydrogen-bond acceptors (Lipinski definition) is 8. The molecule has 1 fully saturated rings. The molecule has 3 heterocycles. The van der Waals surface area contributed by atoms with E-state index in [0.717, 1.165) is 31.3 Å². The van der Waals surface area contributed by atoms with E-state index in [1.807, 2.05) is 12.1 Å². The number of nitrogens with one attached hydrogen (secondary N) is 2. The molecule has 1 aliphatic rings. The monoisotopic (exact) mass is 532 g/mol. The number of methoxy groups -OCH3 is 1. The number of rotatable bonds is 11. The molecule has 2 aromatic carbocycles. The highest BCUT2D eigenvalue weighted by Gasteiger charge is 2.19. The predicted octanol–water partition coefficient (Wildman–Crippen LogP) is 4.42. The van der Waals surface area contributed by atoms with E-state index in [-0.39, 0.29) is 12.5 Å². The lowest BCUT2D eigenvalue weighted by Crippen LogP contribution is -2.29. The number of aromatic nitrogens is 4. The summed E-state index contributed by atoms with van der Waals surface area (Å²) >= 11 is 0. The van der Waals surface area contributed by atoms with Gasteiger partial charge in [-0.3, -0.25) is 9.48 Å². The number of nitrogens with zero attached hydrogens (tertiary/aromatic N) is 5. The standard InChI is InChI=1S/C28H31FN7O3/c1-19-6-4-9-35(19)10-5-11-39-26-14-24-23(13-25(26)38-2)28(31-18-30-24)34-22-15-32-36(16-22)17-27(37)33-21-8-3-7-20(29)12-21/h3,7-8,12-16,18-19H,1,4-6,9-11,17H2,2H3,(H,33,37)(H,30,31,34)/t19-/m1/s1. The van der Waals surface area contributed by atoms with Gasteiger partial charge in [0.05, 0.1) is 31.1 Å². The fourth-order valence-electron chi connectivity index (χ4n) is 4.64. The van der Waals surface area contributed by atoms with Crippen LogP contribution in [0.2, 0.25) is 0 Å². The second kappa shape index (κ2) is 12.1. The van der Waals surface area contributed by atoms with Gasteiger partial charge in [-0.15, -0.1) is 0 Å². The molecule has 1 amide bonds. The summed E-state index contributed by atoms with van der Waals surface area (Å²) in [7, 11) is 1.60. The topological polar surface area (TPSA) is 106 Å². The van der Waals surface area contributed by atoms with Gasteiger partial charge in [0.1, 0.15) is 24.5 Å². The van der Waals surface area contributed by atoms with Crippen LogP contribution >= 0.6 is 0 Å². The maximum absolute atomic E-state index is 13.4. The minimum atomic E-state index is -0.421. The van der Waals surface area contributed by atoms with E-state index >= 15 is 0 Å². The van der Waals surface area contributed by atoms with Crippen LogP contribution in [-0.4, -0.2) is 63.4 Å². The molecular formula is C28H31FN7O3. The maximum Gasteiger partial charge on any atom is 0.246 e. The SMILES string of the molecule is [CH2][C@@H]1CCCN1CCCOc1cc2ncnc(Nc3cnn(CC(=O)Nc4cccc(F)c4)c3)c2cc1OC. The molecule has 0 spiro atoms. The van der Waals surface area contributed by atoms with Gasteiger partial charge in [-0.05, 0) is 57.0 Å². The largest absolute Gasteiger partial charge is 0.493 e. The Morgan fingerprint density at radius 2 is 2.10 bits per heavy atom. The zero-order valence-corrected chi connectivity index (χ0v) is 21.8. The fourth-order valence-corrected chi connectivity index (χ4v) is 4.64. The molecule has 203 valence electrons. The van der Waals surface area contributed by atoms with Gasteiger partial charge >= 0.3 is 0 Å². The predicted molar refractivity (Wildman–Crippen MR) is 147 cm³/mol. The third-order valence-corrected chi connectivity index (χ3v) is 6.58. The van der Waals surface area contributed by atoms with Crippen LogP contribution < -0.4 is 20.1 Å². The normalized spacial score (nSPS) is 15.4. The fraction of sp³-hybridized carbons (Fsp3) is 0.321. The summed E-state index contributed by atoms with van der Waals surface area (Å²) in [5, 5.41) is 10.9. The van der Waals surface area contributed by atoms with Crippen molar-refractivity contribution in [3.8, 4) is 11.5 Å². The number of hydrogen-bond donors (Lipinski definition) is 2. The Morgan fingerprint density at radius 3 is 2.90 bits per heavy atom. The third kappa shape index (κ3) is 6.61. The van der Waals surface area contributed by atoms with Crippen molar-refractivity contribution in [1.29, 1.82) is 0 Å². The molecule has 2 N–H and O–H groups in total. The molecule has 1 radical (unpaired) electrons. The number of likely N-dealkylation sites (tertiary alicyclic amines) is 1. The van der Waals surface area contributed by atoms with Crippen molar-refractivity contribution in [1.82, 2.24) is 24.6 Å². The molecule has 2 aromatic heterocycles. The van der Waals surface area contributed by atoms with Crippen LogP contribution in [0, 0.1) is 12.7 Å². The van der Waals surface area contributed by atoms with Gasteiger partial charge in [-0.25, -0.2) is 14.4 Å². The molecule has 1 saturated heterocycles. The van der Waals surface area contributed by atoms with Crippen LogP contribution in [0.5, 0.6) is 11.5 Å². The Morgan fingerprint density at radius 1 is 1.21 bits per heavy atom. The lowest BCUT2D eigenvalue weighted by Gasteiger charge is -2.20. The Kier molecular flexibility index (Phi) is 8.16. The van der Waals surface area contributed by atoms with Gasteiger partial charge in [0.15, 0.2) is 11.5 Å². The van der Waals surface area contributed by atoms with Crippen molar-refractivity contribution in [2.75, 3.05) is 37.4 Å². The van der Waals surface area contributed by atoms with Crippen LogP contribution in [0.15, 0.2) is 55.1 Å². The molecule has 0 saturated carbocycles. The van der Waals surface area contributed by atoms with E-state index in [2.05, 4.69) is 37.5 Å². The van der Waals surface area contributed by atoms with Crippen LogP contribution in [0.4, 0.5) is 21.6 Å². The van der Waals surface area contributed by atoms with Crippen molar-refractivity contribution in [2.45, 2.75) is 31.8 Å². The van der Waals surface area contributed by atoms with Crippen molar-refractivity contribution >= 4 is 34.0 Å². The molecule has 0 bridgehead atoms. The first-order valence-corrected chi connectivity index (χ1v) is 12.9. The Balaban J connectivity index is 1.23. The van der Waals surface area contributed by atoms with Crippen molar-refractivity contribution < 1.29 is 18.7 Å². The van der Waals surface area contributed by atoms with E-state index in [9.17, 15) is 9.18 Å². The Labute approximate surface area is 226 Å². The molecule has 5 rings (SSSR count). The summed E-state index contributed by atoms with van der Waals surface area (Å²) in [6.07, 6.45) is 8.01. The highest BCUT2D eigenvalue weighted by atomic mass is 19.1. The first-order chi connectivity index (χ1) is 19.0. The highest BCUT2D eigenvalue weighted by Crippen LogP contribution is 2.34. The van der Waals surface area contributed by atoms with Gasteiger partial charge in [0, 0.05) is 35.9 Å². The second-order valence-corrected chi connectivity index (χ2v) is 9.39. The number of benzene rings is 2. The first kappa shape index (κ1) is 26.4. The molecule has 0 aliphatic carbocycles. The van der Waals surface area contributed by atoms with Crippen molar-refractivity contribution in [2.24, 2.45) is 0 Å². The van der Waals surface area contributed by atoms with Gasteiger partial charge in [0.25, 0.3) is 0 Å². The summed E-state index contributed by atoms with van der Waals surface area (Å²) in [6.45, 7) is 6.78. The average molecular weight is 533 g/mol. The molecular weight excluding hydrogens is 501 g/mol. The number of carbonyl (C=O) groups excluding carboxylic acids is 1. The number of halogens is 1. The molecule has 39 heavy (non-hydrogen) atoms. The average Bonchev–Trinajstić information content (AvgIpc) is 3.54. The summed E-state index contributed by atoms with van der Waals surface area (Å²) in [5.41, 5.74) is 1.72. The molecule has 0 unspecified atom stereocenters. The van der Waals surface area contributed by atoms with Crippen LogP contribution in [0.25, 0.3) is 10.9 Å². The zero-order chi connectivity index (χ0) is 27.2. The quantitative estimate of drug-likeness (QED) is 0.274. The molecule has 1 aliphatic heterocycles. The molecule has 4 aromatic rings. The van der Waals surface area contributed by atoms with Crippen LogP contribution in [0.3, 0.4) is 0 Å². The van der Waals surface area contributed by atoms with Crippen molar-refractivity contribution in [3.05, 3.63) is 67.9 Å². The Hall–Kier alpha value is -4.25. The van der Waals surface area contributed by atoms with E-state index in [1.165, 1.54) is 35.6 Å². The van der Waals surface area contributed by atoms with E-state index in [4.69, 9.17) is 9.47 Å². The summed E-state index contributed by atoms with van der Waals surface area (Å²) in [5.74, 6) is 1.02. The number of ether oxygens (including phenoxy) is 2. The van der Waals surface area contributed by atoms with Gasteiger partial charge in [-0.1, -0.05) is 6.07 Å². The molecule has 11 heteroatoms. The molecule has 10 nitrogen and oxygen atoms in total. The van der Waals surface area contributed by atoms with Crippen LogP contribution in [0.1, 0.15) is 19.3 Å². The number of fused-ring (bicyclic) bond motifs is 1. The van der Waals surface area contributed by atoms with Gasteiger partial charge in [0.2, 0.25) is 5.91 Å². The second-order valence-electron chi connectivity index (χ2n) is 9.39. The summed E-state index contributed by atoms with van der Waals surface area (Å²) in [6, 6.07) is 9.81. The van der Waals surface area contributed by atoms with E-state index in [0.29, 0.717) is 46.9 Å². The van der Waals surface area contributed by atoms with Gasteiger partial charge in [-0.2, -0.15) is 5.10 Å². The highest BCUT2D eigenvalue weighted by molar-refractivity contribution is 5.93. The third-order valence-electron chi connectivity index (χ3n) is 6.58. The number of carbonyl (C=O) groups is 1. The Bertz CT molecular complexity index is 1440. The zero-order valence-electron chi connectivity index (χ0n) is 21.8. The van der Waals surface area contributed by atoms with Gasteiger partial charge < -0.3 is 25.0 Å². The lowest BCUT2D eigenvalue weighted by molar-refractivity contribution is -0.116. The summed E-state index contributed by atoms with van der Waals surface area (Å²) in [4.78, 5) is 23.5. The van der Waals surface area contributed by atoms with E-state index < -0.39 is 5.82 Å². The van der Waals surface area contributed by atoms with E-state index in [1.54, 1.807) is 25.6 Å². The minimum absolute atomic E-state index is 0.0373. The summed E-state index contributed by atoms with van der Waals surface area (Å²) < 4.78 is 26.5. The smallest absolute Gasteiger partial charge is 0.246 e. The van der Waals surface area contributed by atoms with Crippen LogP contribution in [-0.2, 0) is 11.3 Å². The lowest BCUT2D eigenvalue weighted by atomic mass is 10.2. The number of anilines is 3. The molecule has 1 atom stereocenters. The maximum atomic E-state index is 13.4.